The third-order valence-corrected chi connectivity index (χ3v) is 7.56. The second-order valence-corrected chi connectivity index (χ2v) is 10.5. The van der Waals surface area contributed by atoms with E-state index in [2.05, 4.69) is 8.80 Å². The van der Waals surface area contributed by atoms with Crippen molar-refractivity contribution in [1.29, 1.82) is 0 Å². The van der Waals surface area contributed by atoms with Gasteiger partial charge in [0.2, 0.25) is 0 Å². The van der Waals surface area contributed by atoms with Gasteiger partial charge in [0.25, 0.3) is 0 Å². The minimum Gasteiger partial charge on any atom is -0.859 e. The van der Waals surface area contributed by atoms with Crippen molar-refractivity contribution in [2.24, 2.45) is 8.80 Å². The molecule has 4 rings (SSSR count). The van der Waals surface area contributed by atoms with Gasteiger partial charge < -0.3 is 21.2 Å². The van der Waals surface area contributed by atoms with Gasteiger partial charge in [0.1, 0.15) is 0 Å². The standard InChI is InChI=1S/2C10H12N2O3S.Ni.2H2O/c2*1-7(2)12-10(13)8-5-3-4-6-9(8)11-16(12,14)15;;;/h2*3-7,13H,1-2H3;;2*1H2/q;;+2;;/p-2. The van der Waals surface area contributed by atoms with Gasteiger partial charge in [0.15, 0.2) is 0 Å². The first-order chi connectivity index (χ1) is 14.9. The van der Waals surface area contributed by atoms with Crippen LogP contribution in [-0.4, -0.2) is 48.5 Å². The Hall–Kier alpha value is -2.71. The molecule has 15 heteroatoms. The Kier molecular flexibility index (Phi) is 10.9. The summed E-state index contributed by atoms with van der Waals surface area (Å²) in [4.78, 5) is 0. The van der Waals surface area contributed by atoms with E-state index in [0.717, 1.165) is 8.61 Å². The van der Waals surface area contributed by atoms with Crippen LogP contribution in [0.3, 0.4) is 0 Å². The molecule has 2 aliphatic heterocycles. The van der Waals surface area contributed by atoms with Gasteiger partial charge >= 0.3 is 36.9 Å². The molecule has 0 fully saturated rings. The number of benzene rings is 2. The number of nitrogens with zero attached hydrogens (tertiary/aromatic N) is 4. The maximum atomic E-state index is 12.0. The van der Waals surface area contributed by atoms with Crippen LogP contribution < -0.4 is 31.4 Å². The molecule has 2 heterocycles. The van der Waals surface area contributed by atoms with Crippen LogP contribution in [0.1, 0.15) is 27.7 Å². The Morgan fingerprint density at radius 1 is 0.657 bits per heavy atom. The second-order valence-electron chi connectivity index (χ2n) is 7.56. The molecule has 4 N–H and O–H groups in total. The van der Waals surface area contributed by atoms with Crippen molar-refractivity contribution < 1.29 is 54.5 Å². The number of hydrogen-bond acceptors (Lipinski definition) is 6. The number of hydrogen-bond donors (Lipinski definition) is 0. The molecule has 0 saturated carbocycles. The van der Waals surface area contributed by atoms with Gasteiger partial charge in [0.05, 0.1) is 10.7 Å². The van der Waals surface area contributed by atoms with Gasteiger partial charge in [-0.2, -0.15) is 16.8 Å². The predicted octanol–water partition coefficient (Wildman–Crippen LogP) is -4.25. The van der Waals surface area contributed by atoms with Crippen LogP contribution in [0.5, 0.6) is 0 Å². The van der Waals surface area contributed by atoms with E-state index in [1.54, 1.807) is 64.1 Å². The summed E-state index contributed by atoms with van der Waals surface area (Å²) >= 11 is 0. The maximum Gasteiger partial charge on any atom is 2.00 e. The van der Waals surface area contributed by atoms with Crippen LogP contribution in [0, 0.1) is 0 Å². The monoisotopic (exact) mass is 572 g/mol. The van der Waals surface area contributed by atoms with E-state index >= 15 is 0 Å². The quantitative estimate of drug-likeness (QED) is 0.325. The van der Waals surface area contributed by atoms with Crippen molar-refractivity contribution in [2.75, 3.05) is 0 Å². The average Bonchev–Trinajstić information content (AvgIpc) is 2.66. The van der Waals surface area contributed by atoms with E-state index in [-0.39, 0.29) is 38.2 Å². The molecule has 0 spiro atoms. The maximum absolute atomic E-state index is 12.0. The first kappa shape index (κ1) is 32.3. The largest absolute Gasteiger partial charge is 2.00 e. The van der Waals surface area contributed by atoms with Crippen LogP contribution in [0.15, 0.2) is 57.3 Å². The molecule has 35 heavy (non-hydrogen) atoms. The van der Waals surface area contributed by atoms with Gasteiger partial charge in [-0.15, -0.1) is 8.80 Å². The van der Waals surface area contributed by atoms with E-state index in [1.807, 2.05) is 0 Å². The second kappa shape index (κ2) is 11.8. The molecule has 0 aliphatic carbocycles. The summed E-state index contributed by atoms with van der Waals surface area (Å²) in [6.45, 7) is 6.55. The molecule has 0 saturated heterocycles. The molecule has 2 aliphatic rings. The topological polar surface area (TPSA) is 209 Å². The van der Waals surface area contributed by atoms with Crippen LogP contribution in [-0.2, 0) is 36.9 Å². The predicted molar refractivity (Wildman–Crippen MR) is 120 cm³/mol. The van der Waals surface area contributed by atoms with Gasteiger partial charge in [0, 0.05) is 22.5 Å². The fraction of sp³-hybridized carbons (Fsp3) is 0.300. The number of fused-ring (bicyclic) bond motifs is 2. The molecule has 0 atom stereocenters. The Morgan fingerprint density at radius 3 is 1.23 bits per heavy atom. The van der Waals surface area contributed by atoms with E-state index in [4.69, 9.17) is 0 Å². The third-order valence-electron chi connectivity index (χ3n) is 4.53. The molecular weight excluding hydrogens is 547 g/mol. The van der Waals surface area contributed by atoms with Crippen molar-refractivity contribution in [3.8, 4) is 0 Å². The van der Waals surface area contributed by atoms with Crippen LogP contribution in [0.25, 0.3) is 11.8 Å². The molecular formula is C20H26N4NiO8S2. The molecule has 0 bridgehead atoms. The molecule has 196 valence electrons. The fourth-order valence-corrected chi connectivity index (χ4v) is 5.93. The third kappa shape index (κ3) is 6.30. The van der Waals surface area contributed by atoms with Crippen molar-refractivity contribution in [3.05, 3.63) is 69.7 Å². The van der Waals surface area contributed by atoms with E-state index in [1.165, 1.54) is 12.1 Å². The SMILES string of the molecule is CC(C)N1C([O-])=c2ccccc2=NS1(=O)=O.CC(C)N1C([O-])=c2ccccc2=NS1(=O)=O.O.O.[Ni+2]. The summed E-state index contributed by atoms with van der Waals surface area (Å²) in [5.74, 6) is -1.03. The summed E-state index contributed by atoms with van der Waals surface area (Å²) < 4.78 is 55.8. The molecule has 0 radical (unpaired) electrons. The molecule has 2 aromatic rings. The van der Waals surface area contributed by atoms with Crippen molar-refractivity contribution in [2.45, 2.75) is 39.8 Å². The van der Waals surface area contributed by atoms with Crippen molar-refractivity contribution >= 4 is 32.2 Å². The summed E-state index contributed by atoms with van der Waals surface area (Å²) in [6.07, 6.45) is 0. The van der Waals surface area contributed by atoms with Gasteiger partial charge in [-0.1, -0.05) is 36.4 Å². The van der Waals surface area contributed by atoms with Crippen LogP contribution in [0.2, 0.25) is 0 Å². The van der Waals surface area contributed by atoms with E-state index in [9.17, 15) is 27.0 Å². The summed E-state index contributed by atoms with van der Waals surface area (Å²) in [5, 5.41) is 25.0. The van der Waals surface area contributed by atoms with E-state index < -0.39 is 44.3 Å². The summed E-state index contributed by atoms with van der Waals surface area (Å²) in [5.41, 5.74) is 0. The summed E-state index contributed by atoms with van der Waals surface area (Å²) in [6, 6.07) is 12.0. The van der Waals surface area contributed by atoms with Crippen molar-refractivity contribution in [3.63, 3.8) is 0 Å². The smallest absolute Gasteiger partial charge is 0.859 e. The molecule has 2 aromatic carbocycles. The zero-order valence-corrected chi connectivity index (χ0v) is 21.8. The Balaban J connectivity index is 0.000000608. The number of rotatable bonds is 2. The fourth-order valence-electron chi connectivity index (χ4n) is 3.25. The molecule has 0 unspecified atom stereocenters. The zero-order chi connectivity index (χ0) is 23.8. The Bertz CT molecular complexity index is 1400. The van der Waals surface area contributed by atoms with Gasteiger partial charge in [-0.3, -0.25) is 8.61 Å². The summed E-state index contributed by atoms with van der Waals surface area (Å²) in [7, 11) is -7.75. The molecule has 12 nitrogen and oxygen atoms in total. The van der Waals surface area contributed by atoms with Gasteiger partial charge in [-0.25, -0.2) is 0 Å². The Morgan fingerprint density at radius 2 is 0.943 bits per heavy atom. The Labute approximate surface area is 213 Å². The first-order valence-electron chi connectivity index (χ1n) is 9.68. The minimum absolute atomic E-state index is 0. The van der Waals surface area contributed by atoms with Crippen LogP contribution >= 0.6 is 0 Å². The van der Waals surface area contributed by atoms with Crippen molar-refractivity contribution in [1.82, 2.24) is 8.61 Å². The first-order valence-corrected chi connectivity index (χ1v) is 12.5. The minimum atomic E-state index is -3.88. The average molecular weight is 573 g/mol. The molecule has 0 amide bonds. The van der Waals surface area contributed by atoms with E-state index in [0.29, 0.717) is 10.4 Å². The normalized spacial score (nSPS) is 16.6. The zero-order valence-electron chi connectivity index (χ0n) is 19.1. The van der Waals surface area contributed by atoms with Crippen LogP contribution in [0.4, 0.5) is 0 Å². The molecule has 0 aromatic heterocycles. The van der Waals surface area contributed by atoms with Gasteiger partial charge in [-0.05, 0) is 51.6 Å².